The Morgan fingerprint density at radius 1 is 1.13 bits per heavy atom. The summed E-state index contributed by atoms with van der Waals surface area (Å²) in [6, 6.07) is 5.78. The number of ketones is 2. The number of hydrogen-bond donors (Lipinski definition) is 2. The van der Waals surface area contributed by atoms with Gasteiger partial charge in [0.15, 0.2) is 23.1 Å². The monoisotopic (exact) mass is 331 g/mol. The Labute approximate surface area is 137 Å². The zero-order valence-corrected chi connectivity index (χ0v) is 13.1. The van der Waals surface area contributed by atoms with Gasteiger partial charge in [0.2, 0.25) is 0 Å². The zero-order chi connectivity index (χ0) is 16.7. The number of fused-ring (bicyclic) bond motifs is 2. The van der Waals surface area contributed by atoms with E-state index >= 15 is 0 Å². The van der Waals surface area contributed by atoms with Gasteiger partial charge in [-0.2, -0.15) is 0 Å². The molecule has 0 fully saturated rings. The summed E-state index contributed by atoms with van der Waals surface area (Å²) in [4.78, 5) is 25.4. The molecule has 118 valence electrons. The summed E-state index contributed by atoms with van der Waals surface area (Å²) in [7, 11) is 0. The predicted molar refractivity (Wildman–Crippen MR) is 86.6 cm³/mol. The lowest BCUT2D eigenvalue weighted by Crippen LogP contribution is -2.23. The number of phenolic OH excluding ortho intramolecular Hbond substituents is 1. The van der Waals surface area contributed by atoms with Gasteiger partial charge in [-0.1, -0.05) is 18.5 Å². The minimum Gasteiger partial charge on any atom is -0.504 e. The quantitative estimate of drug-likeness (QED) is 0.568. The summed E-state index contributed by atoms with van der Waals surface area (Å²) in [6.45, 7) is 2.27. The van der Waals surface area contributed by atoms with Crippen LogP contribution in [0.15, 0.2) is 24.3 Å². The molecule has 0 bridgehead atoms. The van der Waals surface area contributed by atoms with E-state index in [1.54, 1.807) is 0 Å². The molecular formula is C17H14ClNO4. The number of carbonyl (C=O) groups is 2. The van der Waals surface area contributed by atoms with Crippen LogP contribution < -0.4 is 10.5 Å². The first-order valence-electron chi connectivity index (χ1n) is 7.12. The smallest absolute Gasteiger partial charge is 0.198 e. The van der Waals surface area contributed by atoms with Crippen LogP contribution in [0.4, 0.5) is 5.69 Å². The molecule has 0 saturated heterocycles. The maximum absolute atomic E-state index is 12.7. The van der Waals surface area contributed by atoms with Crippen molar-refractivity contribution < 1.29 is 19.4 Å². The van der Waals surface area contributed by atoms with Crippen LogP contribution in [0, 0.1) is 0 Å². The van der Waals surface area contributed by atoms with Crippen LogP contribution in [0.5, 0.6) is 11.5 Å². The van der Waals surface area contributed by atoms with Crippen LogP contribution in [0.3, 0.4) is 0 Å². The maximum atomic E-state index is 12.7. The molecule has 0 spiro atoms. The number of ether oxygens (including phenoxy) is 1. The average molecular weight is 332 g/mol. The standard InChI is InChI=1S/C17H14ClNO4/c1-2-5-23-12-7-11(19)13-14(17(12)22)15(20)9-4-3-8(18)6-10(9)16(13)21/h3-4,6-7,22H,2,5,19H2,1H3. The Hall–Kier alpha value is -2.53. The lowest BCUT2D eigenvalue weighted by molar-refractivity contribution is 0.0976. The van der Waals surface area contributed by atoms with Gasteiger partial charge < -0.3 is 15.6 Å². The fourth-order valence-electron chi connectivity index (χ4n) is 2.63. The molecule has 0 aliphatic heterocycles. The molecule has 0 unspecified atom stereocenters. The second-order valence-electron chi connectivity index (χ2n) is 5.26. The van der Waals surface area contributed by atoms with Gasteiger partial charge in [0.05, 0.1) is 17.7 Å². The number of benzene rings is 2. The number of hydrogen-bond acceptors (Lipinski definition) is 5. The van der Waals surface area contributed by atoms with Gasteiger partial charge in [0, 0.05) is 27.9 Å². The van der Waals surface area contributed by atoms with E-state index in [9.17, 15) is 14.7 Å². The number of nitrogens with two attached hydrogens (primary N) is 1. The number of carbonyl (C=O) groups excluding carboxylic acids is 2. The minimum atomic E-state index is -0.475. The molecule has 23 heavy (non-hydrogen) atoms. The Bertz CT molecular complexity index is 845. The Morgan fingerprint density at radius 2 is 1.83 bits per heavy atom. The number of anilines is 1. The highest BCUT2D eigenvalue weighted by molar-refractivity contribution is 6.34. The summed E-state index contributed by atoms with van der Waals surface area (Å²) in [6.07, 6.45) is 0.727. The highest BCUT2D eigenvalue weighted by Crippen LogP contribution is 2.42. The number of rotatable bonds is 3. The van der Waals surface area contributed by atoms with E-state index < -0.39 is 11.6 Å². The zero-order valence-electron chi connectivity index (χ0n) is 12.4. The summed E-state index contributed by atoms with van der Waals surface area (Å²) >= 11 is 5.91. The second kappa shape index (κ2) is 5.59. The van der Waals surface area contributed by atoms with Crippen LogP contribution in [0.1, 0.15) is 45.2 Å². The number of nitrogen functional groups attached to an aromatic ring is 1. The third-order valence-electron chi connectivity index (χ3n) is 3.68. The molecule has 0 radical (unpaired) electrons. The molecule has 0 aromatic heterocycles. The fraction of sp³-hybridized carbons (Fsp3) is 0.176. The van der Waals surface area contributed by atoms with Gasteiger partial charge in [0.25, 0.3) is 0 Å². The van der Waals surface area contributed by atoms with Gasteiger partial charge in [-0.25, -0.2) is 0 Å². The maximum Gasteiger partial charge on any atom is 0.198 e. The van der Waals surface area contributed by atoms with E-state index in [4.69, 9.17) is 22.1 Å². The van der Waals surface area contributed by atoms with Crippen molar-refractivity contribution in [3.05, 3.63) is 51.5 Å². The van der Waals surface area contributed by atoms with Crippen molar-refractivity contribution >= 4 is 28.9 Å². The largest absolute Gasteiger partial charge is 0.504 e. The van der Waals surface area contributed by atoms with Crippen molar-refractivity contribution in [3.63, 3.8) is 0 Å². The molecule has 6 heteroatoms. The first kappa shape index (κ1) is 15.4. The first-order chi connectivity index (χ1) is 11.0. The van der Waals surface area contributed by atoms with Crippen LogP contribution in [0.25, 0.3) is 0 Å². The third kappa shape index (κ3) is 2.33. The van der Waals surface area contributed by atoms with Crippen LogP contribution in [0.2, 0.25) is 5.02 Å². The number of aromatic hydroxyl groups is 1. The van der Waals surface area contributed by atoms with Gasteiger partial charge in [0.1, 0.15) is 0 Å². The molecule has 3 N–H and O–H groups in total. The molecular weight excluding hydrogens is 318 g/mol. The molecule has 0 atom stereocenters. The van der Waals surface area contributed by atoms with Crippen LogP contribution in [-0.4, -0.2) is 23.3 Å². The van der Waals surface area contributed by atoms with Crippen molar-refractivity contribution in [2.45, 2.75) is 13.3 Å². The summed E-state index contributed by atoms with van der Waals surface area (Å²) in [5.41, 5.74) is 6.27. The van der Waals surface area contributed by atoms with Gasteiger partial charge in [-0.3, -0.25) is 9.59 Å². The van der Waals surface area contributed by atoms with Crippen molar-refractivity contribution in [2.75, 3.05) is 12.3 Å². The molecule has 1 aliphatic carbocycles. The second-order valence-corrected chi connectivity index (χ2v) is 5.70. The van der Waals surface area contributed by atoms with Gasteiger partial charge >= 0.3 is 0 Å². The van der Waals surface area contributed by atoms with Crippen molar-refractivity contribution in [1.29, 1.82) is 0 Å². The topological polar surface area (TPSA) is 89.6 Å². The highest BCUT2D eigenvalue weighted by Gasteiger charge is 2.35. The molecule has 2 aromatic rings. The molecule has 0 saturated carbocycles. The number of phenols is 1. The third-order valence-corrected chi connectivity index (χ3v) is 3.92. The molecule has 0 heterocycles. The van der Waals surface area contributed by atoms with Crippen LogP contribution in [-0.2, 0) is 0 Å². The minimum absolute atomic E-state index is 0.00823. The Morgan fingerprint density at radius 3 is 2.52 bits per heavy atom. The van der Waals surface area contributed by atoms with E-state index in [-0.39, 0.29) is 39.4 Å². The van der Waals surface area contributed by atoms with Crippen LogP contribution >= 0.6 is 11.6 Å². The molecule has 5 nitrogen and oxygen atoms in total. The van der Waals surface area contributed by atoms with Crippen molar-refractivity contribution in [2.24, 2.45) is 0 Å². The number of halogens is 1. The summed E-state index contributed by atoms with van der Waals surface area (Å²) in [5, 5.41) is 10.7. The van der Waals surface area contributed by atoms with E-state index in [2.05, 4.69) is 0 Å². The van der Waals surface area contributed by atoms with E-state index in [0.717, 1.165) is 6.42 Å². The lowest BCUT2D eigenvalue weighted by atomic mass is 9.82. The first-order valence-corrected chi connectivity index (χ1v) is 7.50. The van der Waals surface area contributed by atoms with Crippen molar-refractivity contribution in [1.82, 2.24) is 0 Å². The highest BCUT2D eigenvalue weighted by atomic mass is 35.5. The summed E-state index contributed by atoms with van der Waals surface area (Å²) in [5.74, 6) is -1.17. The van der Waals surface area contributed by atoms with Crippen molar-refractivity contribution in [3.8, 4) is 11.5 Å². The SMILES string of the molecule is CCCOc1cc(N)c2c(c1O)C(=O)c1ccc(Cl)cc1C2=O. The molecule has 0 amide bonds. The van der Waals surface area contributed by atoms with E-state index in [0.29, 0.717) is 11.6 Å². The lowest BCUT2D eigenvalue weighted by Gasteiger charge is -2.21. The van der Waals surface area contributed by atoms with E-state index in [1.807, 2.05) is 6.92 Å². The Kier molecular flexibility index (Phi) is 3.74. The molecule has 3 rings (SSSR count). The van der Waals surface area contributed by atoms with E-state index in [1.165, 1.54) is 24.3 Å². The summed E-state index contributed by atoms with van der Waals surface area (Å²) < 4.78 is 5.41. The predicted octanol–water partition coefficient (Wildman–Crippen LogP) is 3.19. The molecule has 2 aromatic carbocycles. The Balaban J connectivity index is 2.24. The average Bonchev–Trinajstić information content (AvgIpc) is 2.52. The normalized spacial score (nSPS) is 12.8. The van der Waals surface area contributed by atoms with Gasteiger partial charge in [-0.15, -0.1) is 0 Å². The van der Waals surface area contributed by atoms with Gasteiger partial charge in [-0.05, 0) is 24.6 Å². The molecule has 1 aliphatic rings. The fourth-order valence-corrected chi connectivity index (χ4v) is 2.80.